The summed E-state index contributed by atoms with van der Waals surface area (Å²) in [6.07, 6.45) is 11.1. The Kier molecular flexibility index (Phi) is 8.74. The highest BCUT2D eigenvalue weighted by Gasteiger charge is 2.46. The van der Waals surface area contributed by atoms with Gasteiger partial charge in [0.2, 0.25) is 10.0 Å². The number of thiophene rings is 1. The van der Waals surface area contributed by atoms with Crippen molar-refractivity contribution in [3.05, 3.63) is 46.8 Å². The first-order valence-corrected chi connectivity index (χ1v) is 18.7. The standard InChI is InChI=1S/C35H44N4O4S2/c1-42-32-21-27(45(36,40)41)13-14-30(32)37-17-3-6-33-29(20-24-7-8-24)28-4-2-5-31(34(28)44-33)38-25-9-11-26(12-10-25)39-22-35(23-39)15-18-43-19-16-35/h2,4-5,13-14,21,24-26,37-38H,7-12,15-20,22-23H2,1H3,(H2,36,40,41). The summed E-state index contributed by atoms with van der Waals surface area (Å²) in [5, 5.41) is 13.8. The molecule has 240 valence electrons. The van der Waals surface area contributed by atoms with Gasteiger partial charge in [-0.1, -0.05) is 24.0 Å². The minimum Gasteiger partial charge on any atom is -0.495 e. The van der Waals surface area contributed by atoms with Crippen LogP contribution in [0.15, 0.2) is 41.3 Å². The number of benzene rings is 2. The summed E-state index contributed by atoms with van der Waals surface area (Å²) in [6.45, 7) is 4.84. The highest BCUT2D eigenvalue weighted by Crippen LogP contribution is 2.44. The molecule has 4 aliphatic rings. The number of nitrogens with two attached hydrogens (primary N) is 1. The number of anilines is 2. The van der Waals surface area contributed by atoms with Crippen molar-refractivity contribution in [2.45, 2.75) is 74.8 Å². The lowest BCUT2D eigenvalue weighted by Gasteiger charge is -2.56. The third kappa shape index (κ3) is 6.84. The lowest BCUT2D eigenvalue weighted by Crippen LogP contribution is -2.62. The number of hydrogen-bond acceptors (Lipinski definition) is 8. The van der Waals surface area contributed by atoms with E-state index in [0.29, 0.717) is 29.4 Å². The smallest absolute Gasteiger partial charge is 0.238 e. The van der Waals surface area contributed by atoms with Crippen LogP contribution in [0.1, 0.15) is 61.8 Å². The van der Waals surface area contributed by atoms with Gasteiger partial charge in [-0.15, -0.1) is 11.3 Å². The molecule has 45 heavy (non-hydrogen) atoms. The molecule has 1 spiro atoms. The van der Waals surface area contributed by atoms with E-state index in [-0.39, 0.29) is 4.90 Å². The number of hydrogen-bond donors (Lipinski definition) is 3. The Hall–Kier alpha value is -2.81. The van der Waals surface area contributed by atoms with Crippen LogP contribution in [0.5, 0.6) is 5.75 Å². The second-order valence-corrected chi connectivity index (χ2v) is 16.1. The van der Waals surface area contributed by atoms with Crippen molar-refractivity contribution in [3.8, 4) is 17.6 Å². The van der Waals surface area contributed by atoms with Gasteiger partial charge >= 0.3 is 0 Å². The van der Waals surface area contributed by atoms with E-state index in [2.05, 4.69) is 45.6 Å². The minimum atomic E-state index is -3.80. The van der Waals surface area contributed by atoms with E-state index in [1.165, 1.54) is 105 Å². The lowest BCUT2D eigenvalue weighted by atomic mass is 9.71. The summed E-state index contributed by atoms with van der Waals surface area (Å²) in [7, 11) is -2.30. The van der Waals surface area contributed by atoms with E-state index in [0.717, 1.165) is 36.5 Å². The molecule has 4 fully saturated rings. The largest absolute Gasteiger partial charge is 0.495 e. The Morgan fingerprint density at radius 2 is 1.84 bits per heavy atom. The molecule has 1 aromatic heterocycles. The fourth-order valence-corrected chi connectivity index (χ4v) is 9.17. The van der Waals surface area contributed by atoms with Crippen molar-refractivity contribution in [2.24, 2.45) is 16.5 Å². The van der Waals surface area contributed by atoms with Crippen LogP contribution in [0.25, 0.3) is 10.1 Å². The average Bonchev–Trinajstić information content (AvgIpc) is 3.78. The Bertz CT molecular complexity index is 1700. The zero-order chi connectivity index (χ0) is 31.0. The van der Waals surface area contributed by atoms with Crippen LogP contribution in [0.4, 0.5) is 11.4 Å². The fraction of sp³-hybridized carbons (Fsp3) is 0.543. The zero-order valence-corrected chi connectivity index (χ0v) is 27.7. The molecule has 2 saturated carbocycles. The van der Waals surface area contributed by atoms with Crippen LogP contribution in [-0.2, 0) is 21.2 Å². The molecule has 3 heterocycles. The minimum absolute atomic E-state index is 0.0167. The zero-order valence-electron chi connectivity index (χ0n) is 26.1. The van der Waals surface area contributed by atoms with Crippen LogP contribution < -0.4 is 20.5 Å². The van der Waals surface area contributed by atoms with Gasteiger partial charge in [0.25, 0.3) is 0 Å². The average molecular weight is 649 g/mol. The summed E-state index contributed by atoms with van der Waals surface area (Å²) in [5.74, 6) is 7.96. The van der Waals surface area contributed by atoms with Crippen molar-refractivity contribution >= 4 is 42.8 Å². The summed E-state index contributed by atoms with van der Waals surface area (Å²) >= 11 is 1.81. The Morgan fingerprint density at radius 3 is 2.56 bits per heavy atom. The van der Waals surface area contributed by atoms with Crippen LogP contribution in [0, 0.1) is 23.2 Å². The fourth-order valence-electron chi connectivity index (χ4n) is 7.46. The van der Waals surface area contributed by atoms with Gasteiger partial charge < -0.3 is 20.1 Å². The van der Waals surface area contributed by atoms with Gasteiger partial charge in [0, 0.05) is 49.9 Å². The van der Waals surface area contributed by atoms with Crippen molar-refractivity contribution in [3.63, 3.8) is 0 Å². The molecule has 4 N–H and O–H groups in total. The molecular weight excluding hydrogens is 605 g/mol. The Balaban J connectivity index is 1.02. The third-order valence-electron chi connectivity index (χ3n) is 10.3. The van der Waals surface area contributed by atoms with Crippen LogP contribution in [0.3, 0.4) is 0 Å². The molecule has 2 aliphatic heterocycles. The first kappa shape index (κ1) is 30.8. The molecule has 0 unspecified atom stereocenters. The molecule has 2 saturated heterocycles. The van der Waals surface area contributed by atoms with Crippen LogP contribution in [-0.4, -0.2) is 65.4 Å². The number of ether oxygens (including phenoxy) is 2. The van der Waals surface area contributed by atoms with Crippen molar-refractivity contribution in [2.75, 3.05) is 50.6 Å². The maximum absolute atomic E-state index is 11.7. The first-order chi connectivity index (χ1) is 21.8. The second kappa shape index (κ2) is 12.8. The van der Waals surface area contributed by atoms with E-state index in [1.807, 2.05) is 11.3 Å². The molecule has 3 aromatic rings. The number of methoxy groups -OCH3 is 1. The summed E-state index contributed by atoms with van der Waals surface area (Å²) in [5.41, 5.74) is 3.85. The maximum atomic E-state index is 11.7. The van der Waals surface area contributed by atoms with Gasteiger partial charge in [0.1, 0.15) is 5.75 Å². The molecule has 10 heteroatoms. The first-order valence-electron chi connectivity index (χ1n) is 16.4. The Labute approximate surface area is 271 Å². The number of primary sulfonamides is 1. The SMILES string of the molecule is COc1cc(S(N)(=O)=O)ccc1NCC#Cc1sc2c(NC3CCC(N4CC5(CCOCC5)C4)CC3)cccc2c1CC1CC1. The van der Waals surface area contributed by atoms with E-state index in [9.17, 15) is 8.42 Å². The third-order valence-corrected chi connectivity index (χ3v) is 12.4. The van der Waals surface area contributed by atoms with E-state index in [4.69, 9.17) is 14.6 Å². The van der Waals surface area contributed by atoms with Crippen LogP contribution in [0.2, 0.25) is 0 Å². The topological polar surface area (TPSA) is 106 Å². The van der Waals surface area contributed by atoms with Crippen LogP contribution >= 0.6 is 11.3 Å². The predicted octanol–water partition coefficient (Wildman–Crippen LogP) is 5.81. The van der Waals surface area contributed by atoms with Gasteiger partial charge in [0.05, 0.1) is 39.5 Å². The van der Waals surface area contributed by atoms with Gasteiger partial charge in [0.15, 0.2) is 0 Å². The molecule has 0 atom stereocenters. The van der Waals surface area contributed by atoms with Gasteiger partial charge in [-0.2, -0.15) is 0 Å². The van der Waals surface area contributed by atoms with Gasteiger partial charge in [-0.25, -0.2) is 13.6 Å². The molecule has 7 rings (SSSR count). The lowest BCUT2D eigenvalue weighted by molar-refractivity contribution is -0.102. The summed E-state index contributed by atoms with van der Waals surface area (Å²) in [6, 6.07) is 12.5. The molecule has 0 radical (unpaired) electrons. The number of sulfonamides is 1. The highest BCUT2D eigenvalue weighted by molar-refractivity contribution is 7.89. The van der Waals surface area contributed by atoms with Crippen molar-refractivity contribution in [1.82, 2.24) is 4.90 Å². The second-order valence-electron chi connectivity index (χ2n) is 13.5. The molecule has 0 bridgehead atoms. The number of fused-ring (bicyclic) bond motifs is 1. The normalized spacial score (nSPS) is 23.2. The number of likely N-dealkylation sites (tertiary alicyclic amines) is 1. The molecular formula is C35H44N4O4S2. The summed E-state index contributed by atoms with van der Waals surface area (Å²) < 4.78 is 35.8. The molecule has 2 aromatic carbocycles. The van der Waals surface area contributed by atoms with Crippen molar-refractivity contribution < 1.29 is 17.9 Å². The summed E-state index contributed by atoms with van der Waals surface area (Å²) in [4.78, 5) is 3.91. The van der Waals surface area contributed by atoms with Gasteiger partial charge in [-0.05, 0) is 92.9 Å². The number of nitrogens with zero attached hydrogens (tertiary/aromatic N) is 1. The van der Waals surface area contributed by atoms with E-state index >= 15 is 0 Å². The quantitative estimate of drug-likeness (QED) is 0.252. The predicted molar refractivity (Wildman–Crippen MR) is 182 cm³/mol. The highest BCUT2D eigenvalue weighted by atomic mass is 32.2. The van der Waals surface area contributed by atoms with Gasteiger partial charge in [-0.3, -0.25) is 4.90 Å². The number of rotatable bonds is 9. The Morgan fingerprint density at radius 1 is 1.07 bits per heavy atom. The maximum Gasteiger partial charge on any atom is 0.238 e. The van der Waals surface area contributed by atoms with E-state index < -0.39 is 10.0 Å². The van der Waals surface area contributed by atoms with E-state index in [1.54, 1.807) is 6.07 Å². The monoisotopic (exact) mass is 648 g/mol. The molecule has 0 amide bonds. The molecule has 8 nitrogen and oxygen atoms in total. The molecule has 2 aliphatic carbocycles. The number of nitrogens with one attached hydrogen (secondary N) is 2. The van der Waals surface area contributed by atoms with Crippen molar-refractivity contribution in [1.29, 1.82) is 0 Å².